The summed E-state index contributed by atoms with van der Waals surface area (Å²) in [5, 5.41) is 10.3. The zero-order chi connectivity index (χ0) is 21.3. The van der Waals surface area contributed by atoms with E-state index in [1.54, 1.807) is 18.6 Å². The average molecular weight is 453 g/mol. The van der Waals surface area contributed by atoms with Crippen molar-refractivity contribution in [1.29, 1.82) is 0 Å². The van der Waals surface area contributed by atoms with E-state index in [4.69, 9.17) is 38.0 Å². The molecule has 0 amide bonds. The van der Waals surface area contributed by atoms with Crippen molar-refractivity contribution >= 4 is 45.9 Å². The van der Waals surface area contributed by atoms with Crippen molar-refractivity contribution in [3.05, 3.63) is 47.0 Å². The van der Waals surface area contributed by atoms with E-state index in [1.165, 1.54) is 0 Å². The second-order valence-electron chi connectivity index (χ2n) is 7.06. The van der Waals surface area contributed by atoms with Crippen molar-refractivity contribution in [3.8, 4) is 5.69 Å². The first kappa shape index (κ1) is 20.8. The molecule has 30 heavy (non-hydrogen) atoms. The number of halogens is 3. The van der Waals surface area contributed by atoms with Gasteiger partial charge in [-0.3, -0.25) is 0 Å². The Labute approximate surface area is 182 Å². The van der Waals surface area contributed by atoms with Crippen LogP contribution in [0.4, 0.5) is 10.2 Å². The highest BCUT2D eigenvalue weighted by Crippen LogP contribution is 2.36. The number of aromatic nitrogens is 3. The topological polar surface area (TPSA) is 80.5 Å². The van der Waals surface area contributed by atoms with E-state index in [-0.39, 0.29) is 12.6 Å². The Morgan fingerprint density at radius 3 is 2.97 bits per heavy atom. The first-order valence-corrected chi connectivity index (χ1v) is 10.2. The minimum atomic E-state index is -2.03. The van der Waals surface area contributed by atoms with Crippen molar-refractivity contribution in [2.24, 2.45) is 0 Å². The summed E-state index contributed by atoms with van der Waals surface area (Å²) in [5.41, 5.74) is 1.43. The number of hydrogen-bond donors (Lipinski definition) is 1. The molecule has 158 valence electrons. The van der Waals surface area contributed by atoms with E-state index in [1.807, 2.05) is 22.9 Å². The van der Waals surface area contributed by atoms with Gasteiger partial charge in [0.2, 0.25) is 6.17 Å². The highest BCUT2D eigenvalue weighted by molar-refractivity contribution is 6.45. The van der Waals surface area contributed by atoms with Gasteiger partial charge in [-0.2, -0.15) is 0 Å². The van der Waals surface area contributed by atoms with Crippen LogP contribution >= 0.6 is 23.2 Å². The maximum Gasteiger partial charge on any atom is 0.340 e. The number of pyridine rings is 1. The van der Waals surface area contributed by atoms with Crippen LogP contribution in [0.5, 0.6) is 0 Å². The van der Waals surface area contributed by atoms with Crippen LogP contribution in [0, 0.1) is 0 Å². The van der Waals surface area contributed by atoms with Crippen LogP contribution in [0.1, 0.15) is 12.8 Å². The summed E-state index contributed by atoms with van der Waals surface area (Å²) in [5.74, 6) is -0.831. The van der Waals surface area contributed by atoms with Crippen LogP contribution in [0.15, 0.2) is 36.9 Å². The van der Waals surface area contributed by atoms with Gasteiger partial charge < -0.3 is 19.3 Å². The fraction of sp³-hybridized carbons (Fsp3) is 0.350. The smallest absolute Gasteiger partial charge is 0.340 e. The van der Waals surface area contributed by atoms with E-state index in [2.05, 4.69) is 9.88 Å². The molecule has 0 saturated carbocycles. The summed E-state index contributed by atoms with van der Waals surface area (Å²) in [7, 11) is 0. The number of benzene rings is 1. The Hall–Kier alpha value is -2.42. The number of fused-ring (bicyclic) bond motifs is 1. The molecule has 1 fully saturated rings. The average Bonchev–Trinajstić information content (AvgIpc) is 3.42. The fourth-order valence-electron chi connectivity index (χ4n) is 3.65. The standard InChI is InChI=1S/C20H19Cl2FN4O3/c21-14-4-3-13-16(26-7-5-24-11-26)8-17(25-19(13)18(14)22)27-6-1-2-12(27)9-30-10-15(23)20(28)29/h3-5,7-8,11-12,15H,1-2,6,9-10H2,(H,28,29). The third-order valence-corrected chi connectivity index (χ3v) is 5.93. The maximum atomic E-state index is 13.3. The minimum absolute atomic E-state index is 0.0514. The Morgan fingerprint density at radius 2 is 2.23 bits per heavy atom. The molecule has 3 heterocycles. The van der Waals surface area contributed by atoms with E-state index < -0.39 is 18.7 Å². The lowest BCUT2D eigenvalue weighted by Gasteiger charge is -2.27. The van der Waals surface area contributed by atoms with Gasteiger partial charge in [0.05, 0.1) is 46.8 Å². The van der Waals surface area contributed by atoms with Crippen molar-refractivity contribution in [2.45, 2.75) is 25.1 Å². The van der Waals surface area contributed by atoms with E-state index in [0.29, 0.717) is 21.4 Å². The number of carboxylic acid groups (broad SMARTS) is 1. The lowest BCUT2D eigenvalue weighted by Crippen LogP contribution is -2.35. The van der Waals surface area contributed by atoms with Gasteiger partial charge in [-0.05, 0) is 25.0 Å². The predicted molar refractivity (Wildman–Crippen MR) is 113 cm³/mol. The summed E-state index contributed by atoms with van der Waals surface area (Å²) in [6.07, 6.45) is 4.92. The molecule has 3 aromatic rings. The zero-order valence-corrected chi connectivity index (χ0v) is 17.4. The molecule has 7 nitrogen and oxygen atoms in total. The van der Waals surface area contributed by atoms with Crippen molar-refractivity contribution < 1.29 is 19.0 Å². The predicted octanol–water partition coefficient (Wildman–Crippen LogP) is 4.14. The molecule has 0 spiro atoms. The van der Waals surface area contributed by atoms with Gasteiger partial charge in [0.15, 0.2) is 0 Å². The summed E-state index contributed by atoms with van der Waals surface area (Å²) < 4.78 is 20.5. The molecule has 2 aromatic heterocycles. The Kier molecular flexibility index (Phi) is 6.08. The normalized spacial score (nSPS) is 17.6. The van der Waals surface area contributed by atoms with Crippen LogP contribution in [0.3, 0.4) is 0 Å². The minimum Gasteiger partial charge on any atom is -0.479 e. The number of ether oxygens (including phenoxy) is 1. The van der Waals surface area contributed by atoms with Crippen LogP contribution in [0.25, 0.3) is 16.6 Å². The zero-order valence-electron chi connectivity index (χ0n) is 15.8. The summed E-state index contributed by atoms with van der Waals surface area (Å²) in [6.45, 7) is 0.468. The second-order valence-corrected chi connectivity index (χ2v) is 7.84. The third-order valence-electron chi connectivity index (χ3n) is 5.13. The van der Waals surface area contributed by atoms with Crippen LogP contribution < -0.4 is 4.90 Å². The highest BCUT2D eigenvalue weighted by atomic mass is 35.5. The van der Waals surface area contributed by atoms with Gasteiger partial charge in [0, 0.05) is 30.4 Å². The number of carboxylic acids is 1. The Bertz CT molecular complexity index is 1060. The largest absolute Gasteiger partial charge is 0.479 e. The monoisotopic (exact) mass is 452 g/mol. The van der Waals surface area contributed by atoms with Gasteiger partial charge in [0.1, 0.15) is 5.82 Å². The summed E-state index contributed by atoms with van der Waals surface area (Å²) in [4.78, 5) is 21.6. The lowest BCUT2D eigenvalue weighted by molar-refractivity contribution is -0.145. The molecular formula is C20H19Cl2FN4O3. The molecular weight excluding hydrogens is 434 g/mol. The molecule has 0 bridgehead atoms. The number of nitrogens with zero attached hydrogens (tertiary/aromatic N) is 4. The molecule has 2 atom stereocenters. The summed E-state index contributed by atoms with van der Waals surface area (Å²) in [6, 6.07) is 5.50. The number of carbonyl (C=O) groups is 1. The quantitative estimate of drug-likeness (QED) is 0.580. The van der Waals surface area contributed by atoms with Crippen molar-refractivity contribution in [2.75, 3.05) is 24.7 Å². The molecule has 1 saturated heterocycles. The SMILES string of the molecule is O=C(O)C(F)COCC1CCCN1c1cc(-n2ccnc2)c2ccc(Cl)c(Cl)c2n1. The molecule has 4 rings (SSSR count). The highest BCUT2D eigenvalue weighted by Gasteiger charge is 2.28. The van der Waals surface area contributed by atoms with E-state index >= 15 is 0 Å². The number of alkyl halides is 1. The molecule has 1 aliphatic rings. The van der Waals surface area contributed by atoms with Gasteiger partial charge in [-0.25, -0.2) is 19.2 Å². The molecule has 2 unspecified atom stereocenters. The van der Waals surface area contributed by atoms with Crippen LogP contribution in [-0.2, 0) is 9.53 Å². The number of rotatable bonds is 7. The number of anilines is 1. The Morgan fingerprint density at radius 1 is 1.40 bits per heavy atom. The van der Waals surface area contributed by atoms with Crippen LogP contribution in [0.2, 0.25) is 10.0 Å². The van der Waals surface area contributed by atoms with Crippen molar-refractivity contribution in [3.63, 3.8) is 0 Å². The van der Waals surface area contributed by atoms with Crippen LogP contribution in [-0.4, -0.2) is 57.6 Å². The van der Waals surface area contributed by atoms with Gasteiger partial charge >= 0.3 is 5.97 Å². The number of aliphatic carboxylic acids is 1. The van der Waals surface area contributed by atoms with Gasteiger partial charge in [-0.15, -0.1) is 0 Å². The first-order valence-electron chi connectivity index (χ1n) is 9.44. The maximum absolute atomic E-state index is 13.3. The molecule has 0 radical (unpaired) electrons. The molecule has 10 heteroatoms. The molecule has 1 N–H and O–H groups in total. The Balaban J connectivity index is 1.68. The number of hydrogen-bond acceptors (Lipinski definition) is 5. The van der Waals surface area contributed by atoms with Gasteiger partial charge in [0.25, 0.3) is 0 Å². The molecule has 1 aliphatic heterocycles. The second kappa shape index (κ2) is 8.75. The summed E-state index contributed by atoms with van der Waals surface area (Å²) >= 11 is 12.7. The number of imidazole rings is 1. The van der Waals surface area contributed by atoms with E-state index in [9.17, 15) is 9.18 Å². The van der Waals surface area contributed by atoms with E-state index in [0.717, 1.165) is 30.5 Å². The third kappa shape index (κ3) is 4.08. The molecule has 0 aliphatic carbocycles. The lowest BCUT2D eigenvalue weighted by atomic mass is 10.1. The van der Waals surface area contributed by atoms with Crippen molar-refractivity contribution in [1.82, 2.24) is 14.5 Å². The molecule has 1 aromatic carbocycles. The van der Waals surface area contributed by atoms with Gasteiger partial charge in [-0.1, -0.05) is 23.2 Å². The fourth-order valence-corrected chi connectivity index (χ4v) is 4.01. The first-order chi connectivity index (χ1) is 14.5.